The van der Waals surface area contributed by atoms with Crippen molar-refractivity contribution in [2.24, 2.45) is 0 Å². The summed E-state index contributed by atoms with van der Waals surface area (Å²) in [5.41, 5.74) is 2.47. The number of ether oxygens (including phenoxy) is 2. The van der Waals surface area contributed by atoms with E-state index in [1.807, 2.05) is 25.1 Å². The van der Waals surface area contributed by atoms with E-state index >= 15 is 0 Å². The highest BCUT2D eigenvalue weighted by Gasteiger charge is 2.13. The number of carbonyl (C=O) groups excluding carboxylic acids is 1. The molecule has 0 aliphatic carbocycles. The number of nitrogens with one attached hydrogen (secondary N) is 1. The summed E-state index contributed by atoms with van der Waals surface area (Å²) in [6.45, 7) is 5.93. The van der Waals surface area contributed by atoms with Crippen LogP contribution < -0.4 is 14.8 Å². The van der Waals surface area contributed by atoms with Gasteiger partial charge in [-0.05, 0) is 48.2 Å². The highest BCUT2D eigenvalue weighted by atomic mass is 79.9. The van der Waals surface area contributed by atoms with Crippen LogP contribution in [0.1, 0.15) is 30.9 Å². The topological polar surface area (TPSA) is 47.6 Å². The Balaban J connectivity index is 2.08. The van der Waals surface area contributed by atoms with E-state index in [0.717, 1.165) is 15.6 Å². The third-order valence-corrected chi connectivity index (χ3v) is 4.61. The van der Waals surface area contributed by atoms with Gasteiger partial charge in [-0.1, -0.05) is 41.4 Å². The Labute approximate surface area is 161 Å². The van der Waals surface area contributed by atoms with E-state index in [1.54, 1.807) is 12.1 Å². The van der Waals surface area contributed by atoms with Crippen LogP contribution in [-0.2, 0) is 4.79 Å². The van der Waals surface area contributed by atoms with Crippen molar-refractivity contribution in [2.75, 3.05) is 19.0 Å². The number of amides is 1. The van der Waals surface area contributed by atoms with E-state index in [1.165, 1.54) is 7.11 Å². The minimum atomic E-state index is -0.266. The Morgan fingerprint density at radius 3 is 2.60 bits per heavy atom. The van der Waals surface area contributed by atoms with E-state index in [4.69, 9.17) is 21.1 Å². The maximum Gasteiger partial charge on any atom is 0.262 e. The standard InChI is InChI=1S/C19H21BrClNO3/c1-11(2)14-8-13(20)5-6-17(14)25-10-19(23)22-16-7-12(3)15(21)9-18(16)24-4/h5-9,11H,10H2,1-4H3,(H,22,23). The Bertz CT molecular complexity index is 778. The van der Waals surface area contributed by atoms with E-state index in [0.29, 0.717) is 22.2 Å². The van der Waals surface area contributed by atoms with Gasteiger partial charge in [-0.25, -0.2) is 0 Å². The molecule has 0 bridgehead atoms. The zero-order valence-electron chi connectivity index (χ0n) is 14.7. The van der Waals surface area contributed by atoms with Crippen molar-refractivity contribution < 1.29 is 14.3 Å². The average molecular weight is 427 g/mol. The van der Waals surface area contributed by atoms with Gasteiger partial charge in [0.05, 0.1) is 12.8 Å². The monoisotopic (exact) mass is 425 g/mol. The number of hydrogen-bond acceptors (Lipinski definition) is 3. The summed E-state index contributed by atoms with van der Waals surface area (Å²) in [5.74, 6) is 1.23. The van der Waals surface area contributed by atoms with Crippen LogP contribution in [-0.4, -0.2) is 19.6 Å². The average Bonchev–Trinajstić information content (AvgIpc) is 2.56. The molecule has 0 fully saturated rings. The third-order valence-electron chi connectivity index (χ3n) is 3.71. The molecular formula is C19H21BrClNO3. The molecule has 0 heterocycles. The normalized spacial score (nSPS) is 10.7. The molecule has 2 rings (SSSR count). The molecule has 2 aromatic rings. The molecule has 0 spiro atoms. The molecule has 1 N–H and O–H groups in total. The van der Waals surface area contributed by atoms with Gasteiger partial charge < -0.3 is 14.8 Å². The van der Waals surface area contributed by atoms with Gasteiger partial charge >= 0.3 is 0 Å². The number of hydrogen-bond donors (Lipinski definition) is 1. The lowest BCUT2D eigenvalue weighted by molar-refractivity contribution is -0.118. The molecule has 6 heteroatoms. The fraction of sp³-hybridized carbons (Fsp3) is 0.316. The van der Waals surface area contributed by atoms with E-state index < -0.39 is 0 Å². The van der Waals surface area contributed by atoms with E-state index in [-0.39, 0.29) is 18.4 Å². The Kier molecular flexibility index (Phi) is 6.73. The van der Waals surface area contributed by atoms with Gasteiger partial charge in [-0.2, -0.15) is 0 Å². The predicted molar refractivity (Wildman–Crippen MR) is 105 cm³/mol. The van der Waals surface area contributed by atoms with Gasteiger partial charge in [0.25, 0.3) is 5.91 Å². The Morgan fingerprint density at radius 2 is 1.96 bits per heavy atom. The number of methoxy groups -OCH3 is 1. The van der Waals surface area contributed by atoms with Gasteiger partial charge in [-0.15, -0.1) is 0 Å². The maximum atomic E-state index is 12.3. The predicted octanol–water partition coefficient (Wildman–Crippen LogP) is 5.56. The van der Waals surface area contributed by atoms with Gasteiger partial charge in [0.1, 0.15) is 11.5 Å². The van der Waals surface area contributed by atoms with Crippen molar-refractivity contribution in [3.8, 4) is 11.5 Å². The summed E-state index contributed by atoms with van der Waals surface area (Å²) in [6.07, 6.45) is 0. The molecule has 0 aromatic heterocycles. The van der Waals surface area contributed by atoms with Crippen LogP contribution in [0.2, 0.25) is 5.02 Å². The molecule has 0 radical (unpaired) electrons. The van der Waals surface area contributed by atoms with Crippen molar-refractivity contribution in [3.05, 3.63) is 51.0 Å². The quantitative estimate of drug-likeness (QED) is 0.658. The smallest absolute Gasteiger partial charge is 0.262 e. The second kappa shape index (κ2) is 8.59. The second-order valence-corrected chi connectivity index (χ2v) is 7.30. The lowest BCUT2D eigenvalue weighted by Gasteiger charge is -2.15. The second-order valence-electron chi connectivity index (χ2n) is 5.98. The molecule has 0 saturated carbocycles. The molecule has 4 nitrogen and oxygen atoms in total. The van der Waals surface area contributed by atoms with Crippen LogP contribution in [0, 0.1) is 6.92 Å². The SMILES string of the molecule is COc1cc(Cl)c(C)cc1NC(=O)COc1ccc(Br)cc1C(C)C. The maximum absolute atomic E-state index is 12.3. The zero-order chi connectivity index (χ0) is 18.6. The minimum absolute atomic E-state index is 0.0911. The zero-order valence-corrected chi connectivity index (χ0v) is 17.0. The lowest BCUT2D eigenvalue weighted by atomic mass is 10.0. The molecule has 2 aromatic carbocycles. The number of rotatable bonds is 6. The first-order valence-electron chi connectivity index (χ1n) is 7.88. The first-order chi connectivity index (χ1) is 11.8. The first-order valence-corrected chi connectivity index (χ1v) is 9.05. The number of aryl methyl sites for hydroxylation is 1. The van der Waals surface area contributed by atoms with E-state index in [2.05, 4.69) is 35.1 Å². The van der Waals surface area contributed by atoms with Gasteiger partial charge in [0, 0.05) is 15.6 Å². The van der Waals surface area contributed by atoms with Crippen LogP contribution in [0.15, 0.2) is 34.8 Å². The molecule has 134 valence electrons. The first kappa shape index (κ1) is 19.6. The highest BCUT2D eigenvalue weighted by molar-refractivity contribution is 9.10. The summed E-state index contributed by atoms with van der Waals surface area (Å²) in [4.78, 5) is 12.3. The fourth-order valence-electron chi connectivity index (χ4n) is 2.36. The van der Waals surface area contributed by atoms with Gasteiger partial charge in [0.15, 0.2) is 6.61 Å². The number of halogens is 2. The minimum Gasteiger partial charge on any atom is -0.495 e. The largest absolute Gasteiger partial charge is 0.495 e. The van der Waals surface area contributed by atoms with Gasteiger partial charge in [-0.3, -0.25) is 4.79 Å². The van der Waals surface area contributed by atoms with Crippen LogP contribution in [0.3, 0.4) is 0 Å². The fourth-order valence-corrected chi connectivity index (χ4v) is 2.89. The van der Waals surface area contributed by atoms with Crippen molar-refractivity contribution in [1.29, 1.82) is 0 Å². The van der Waals surface area contributed by atoms with Crippen molar-refractivity contribution in [1.82, 2.24) is 0 Å². The molecule has 0 atom stereocenters. The highest BCUT2D eigenvalue weighted by Crippen LogP contribution is 2.31. The summed E-state index contributed by atoms with van der Waals surface area (Å²) >= 11 is 9.54. The Hall–Kier alpha value is -1.72. The Morgan fingerprint density at radius 1 is 1.24 bits per heavy atom. The van der Waals surface area contributed by atoms with Crippen LogP contribution in [0.25, 0.3) is 0 Å². The lowest BCUT2D eigenvalue weighted by Crippen LogP contribution is -2.21. The summed E-state index contributed by atoms with van der Waals surface area (Å²) < 4.78 is 12.0. The van der Waals surface area contributed by atoms with E-state index in [9.17, 15) is 4.79 Å². The van der Waals surface area contributed by atoms with Crippen LogP contribution in [0.4, 0.5) is 5.69 Å². The van der Waals surface area contributed by atoms with Crippen LogP contribution in [0.5, 0.6) is 11.5 Å². The van der Waals surface area contributed by atoms with Gasteiger partial charge in [0.2, 0.25) is 0 Å². The molecule has 0 aliphatic rings. The summed E-state index contributed by atoms with van der Waals surface area (Å²) in [6, 6.07) is 9.21. The van der Waals surface area contributed by atoms with Crippen LogP contribution >= 0.6 is 27.5 Å². The molecule has 0 saturated heterocycles. The van der Waals surface area contributed by atoms with Crippen molar-refractivity contribution >= 4 is 39.1 Å². The third kappa shape index (κ3) is 5.13. The number of carbonyl (C=O) groups is 1. The molecule has 0 unspecified atom stereocenters. The molecular weight excluding hydrogens is 406 g/mol. The molecule has 0 aliphatic heterocycles. The number of anilines is 1. The molecule has 1 amide bonds. The van der Waals surface area contributed by atoms with Crippen molar-refractivity contribution in [2.45, 2.75) is 26.7 Å². The molecule has 25 heavy (non-hydrogen) atoms. The summed E-state index contributed by atoms with van der Waals surface area (Å²) in [5, 5.41) is 3.39. The van der Waals surface area contributed by atoms with Crippen molar-refractivity contribution in [3.63, 3.8) is 0 Å². The number of benzene rings is 2. The summed E-state index contributed by atoms with van der Waals surface area (Å²) in [7, 11) is 1.53.